The van der Waals surface area contributed by atoms with Gasteiger partial charge in [0.1, 0.15) is 11.6 Å². The Bertz CT molecular complexity index is 570. The first-order chi connectivity index (χ1) is 9.11. The van der Waals surface area contributed by atoms with E-state index in [4.69, 9.17) is 0 Å². The van der Waals surface area contributed by atoms with E-state index in [1.54, 1.807) is 31.7 Å². The summed E-state index contributed by atoms with van der Waals surface area (Å²) in [6.07, 6.45) is 5.01. The van der Waals surface area contributed by atoms with Gasteiger partial charge in [0.05, 0.1) is 11.6 Å². The van der Waals surface area contributed by atoms with Gasteiger partial charge in [0.2, 0.25) is 0 Å². The zero-order chi connectivity index (χ0) is 13.8. The molecule has 0 saturated heterocycles. The first-order valence-electron chi connectivity index (χ1n) is 5.75. The minimum Gasteiger partial charge on any atom is -0.372 e. The molecule has 2 heterocycles. The van der Waals surface area contributed by atoms with Crippen molar-refractivity contribution in [3.8, 4) is 0 Å². The molecule has 100 valence electrons. The fraction of sp³-hybridized carbons (Fsp3) is 0.250. The Morgan fingerprint density at radius 1 is 1.47 bits per heavy atom. The van der Waals surface area contributed by atoms with E-state index in [1.165, 1.54) is 0 Å². The maximum Gasteiger partial charge on any atom is 0.255 e. The van der Waals surface area contributed by atoms with Crippen molar-refractivity contribution in [1.82, 2.24) is 20.3 Å². The van der Waals surface area contributed by atoms with Crippen molar-refractivity contribution in [2.24, 2.45) is 0 Å². The third-order valence-corrected chi connectivity index (χ3v) is 3.05. The standard InChI is InChI=1S/C12H14BrN5O/c1-7(10-15-3-4-16-10)18-12(19)9-5-8(13)6-17-11(9)14-2/h3-7H,1-2H3,(H,14,17)(H,15,16)(H,18,19). The number of rotatable bonds is 4. The van der Waals surface area contributed by atoms with Crippen molar-refractivity contribution >= 4 is 27.7 Å². The van der Waals surface area contributed by atoms with Gasteiger partial charge in [0, 0.05) is 30.1 Å². The van der Waals surface area contributed by atoms with Crippen molar-refractivity contribution in [3.05, 3.63) is 40.5 Å². The van der Waals surface area contributed by atoms with Gasteiger partial charge in [0.15, 0.2) is 0 Å². The number of nitrogens with zero attached hydrogens (tertiary/aromatic N) is 2. The van der Waals surface area contributed by atoms with Crippen molar-refractivity contribution in [2.75, 3.05) is 12.4 Å². The van der Waals surface area contributed by atoms with Gasteiger partial charge in [-0.25, -0.2) is 9.97 Å². The molecule has 0 aliphatic rings. The summed E-state index contributed by atoms with van der Waals surface area (Å²) >= 11 is 3.31. The number of pyridine rings is 1. The molecule has 2 aromatic heterocycles. The van der Waals surface area contributed by atoms with Crippen molar-refractivity contribution in [2.45, 2.75) is 13.0 Å². The predicted octanol–water partition coefficient (Wildman–Crippen LogP) is 2.10. The van der Waals surface area contributed by atoms with Crippen LogP contribution in [0.25, 0.3) is 0 Å². The molecule has 0 bridgehead atoms. The molecule has 1 atom stereocenters. The lowest BCUT2D eigenvalue weighted by Gasteiger charge is -2.13. The number of H-pyrrole nitrogens is 1. The maximum absolute atomic E-state index is 12.2. The molecule has 0 radical (unpaired) electrons. The Labute approximate surface area is 119 Å². The summed E-state index contributed by atoms with van der Waals surface area (Å²) in [7, 11) is 1.73. The average molecular weight is 324 g/mol. The van der Waals surface area contributed by atoms with Crippen LogP contribution in [-0.4, -0.2) is 27.9 Å². The number of aromatic nitrogens is 3. The second kappa shape index (κ2) is 5.83. The molecule has 1 amide bonds. The van der Waals surface area contributed by atoms with E-state index in [0.717, 1.165) is 4.47 Å². The third-order valence-electron chi connectivity index (χ3n) is 2.61. The zero-order valence-electron chi connectivity index (χ0n) is 10.6. The van der Waals surface area contributed by atoms with Gasteiger partial charge in [0.25, 0.3) is 5.91 Å². The minimum absolute atomic E-state index is 0.203. The molecule has 6 nitrogen and oxygen atoms in total. The SMILES string of the molecule is CNc1ncc(Br)cc1C(=O)NC(C)c1ncc[nH]1. The van der Waals surface area contributed by atoms with Crippen LogP contribution in [0.5, 0.6) is 0 Å². The molecule has 2 rings (SSSR count). The lowest BCUT2D eigenvalue weighted by Crippen LogP contribution is -2.28. The van der Waals surface area contributed by atoms with Crippen molar-refractivity contribution in [3.63, 3.8) is 0 Å². The molecule has 0 aromatic carbocycles. The highest BCUT2D eigenvalue weighted by Gasteiger charge is 2.16. The predicted molar refractivity (Wildman–Crippen MR) is 76.0 cm³/mol. The molecule has 0 saturated carbocycles. The normalized spacial score (nSPS) is 11.9. The highest BCUT2D eigenvalue weighted by molar-refractivity contribution is 9.10. The number of imidazole rings is 1. The first-order valence-corrected chi connectivity index (χ1v) is 6.54. The third kappa shape index (κ3) is 3.11. The average Bonchev–Trinajstić information content (AvgIpc) is 2.92. The number of aromatic amines is 1. The van der Waals surface area contributed by atoms with Crippen LogP contribution in [-0.2, 0) is 0 Å². The van der Waals surface area contributed by atoms with Gasteiger partial charge in [-0.1, -0.05) is 0 Å². The van der Waals surface area contributed by atoms with Crippen LogP contribution in [0, 0.1) is 0 Å². The van der Waals surface area contributed by atoms with Gasteiger partial charge in [-0.3, -0.25) is 4.79 Å². The van der Waals surface area contributed by atoms with Crippen LogP contribution < -0.4 is 10.6 Å². The fourth-order valence-corrected chi connectivity index (χ4v) is 2.00. The number of halogens is 1. The Morgan fingerprint density at radius 2 is 2.26 bits per heavy atom. The Morgan fingerprint density at radius 3 is 2.89 bits per heavy atom. The van der Waals surface area contributed by atoms with E-state index in [9.17, 15) is 4.79 Å². The Kier molecular flexibility index (Phi) is 4.16. The molecule has 19 heavy (non-hydrogen) atoms. The second-order valence-electron chi connectivity index (χ2n) is 3.97. The smallest absolute Gasteiger partial charge is 0.255 e. The Hall–Kier alpha value is -1.89. The summed E-state index contributed by atoms with van der Waals surface area (Å²) in [5.41, 5.74) is 0.482. The van der Waals surface area contributed by atoms with Crippen molar-refractivity contribution < 1.29 is 4.79 Å². The van der Waals surface area contributed by atoms with Crippen LogP contribution in [0.15, 0.2) is 29.1 Å². The van der Waals surface area contributed by atoms with Gasteiger partial charge in [-0.05, 0) is 28.9 Å². The van der Waals surface area contributed by atoms with E-state index in [1.807, 2.05) is 6.92 Å². The van der Waals surface area contributed by atoms with Crippen LogP contribution >= 0.6 is 15.9 Å². The highest BCUT2D eigenvalue weighted by atomic mass is 79.9. The van der Waals surface area contributed by atoms with Gasteiger partial charge < -0.3 is 15.6 Å². The van der Waals surface area contributed by atoms with E-state index in [0.29, 0.717) is 17.2 Å². The molecule has 1 unspecified atom stereocenters. The molecule has 0 aliphatic heterocycles. The summed E-state index contributed by atoms with van der Waals surface area (Å²) < 4.78 is 0.752. The number of anilines is 1. The van der Waals surface area contributed by atoms with Gasteiger partial charge in [-0.15, -0.1) is 0 Å². The van der Waals surface area contributed by atoms with E-state index in [2.05, 4.69) is 41.5 Å². The molecule has 2 aromatic rings. The maximum atomic E-state index is 12.2. The summed E-state index contributed by atoms with van der Waals surface area (Å²) in [6, 6.07) is 1.52. The van der Waals surface area contributed by atoms with Gasteiger partial charge >= 0.3 is 0 Å². The minimum atomic E-state index is -0.206. The molecule has 0 aliphatic carbocycles. The number of hydrogen-bond donors (Lipinski definition) is 3. The second-order valence-corrected chi connectivity index (χ2v) is 4.88. The largest absolute Gasteiger partial charge is 0.372 e. The van der Waals surface area contributed by atoms with Crippen LogP contribution in [0.2, 0.25) is 0 Å². The van der Waals surface area contributed by atoms with Crippen LogP contribution in [0.4, 0.5) is 5.82 Å². The molecule has 0 spiro atoms. The summed E-state index contributed by atoms with van der Waals surface area (Å²) in [5, 5.41) is 5.76. The number of amides is 1. The molecule has 7 heteroatoms. The summed E-state index contributed by atoms with van der Waals surface area (Å²) in [4.78, 5) is 23.5. The van der Waals surface area contributed by atoms with E-state index >= 15 is 0 Å². The number of carbonyl (C=O) groups excluding carboxylic acids is 1. The molecule has 0 fully saturated rings. The van der Waals surface area contributed by atoms with Gasteiger partial charge in [-0.2, -0.15) is 0 Å². The van der Waals surface area contributed by atoms with Crippen LogP contribution in [0.1, 0.15) is 29.1 Å². The quantitative estimate of drug-likeness (QED) is 0.804. The molecular weight excluding hydrogens is 310 g/mol. The lowest BCUT2D eigenvalue weighted by molar-refractivity contribution is 0.0939. The number of hydrogen-bond acceptors (Lipinski definition) is 4. The lowest BCUT2D eigenvalue weighted by atomic mass is 10.2. The molecule has 3 N–H and O–H groups in total. The van der Waals surface area contributed by atoms with E-state index in [-0.39, 0.29) is 11.9 Å². The number of carbonyl (C=O) groups is 1. The fourth-order valence-electron chi connectivity index (χ4n) is 1.67. The monoisotopic (exact) mass is 323 g/mol. The zero-order valence-corrected chi connectivity index (χ0v) is 12.2. The Balaban J connectivity index is 2.18. The number of nitrogens with one attached hydrogen (secondary N) is 3. The van der Waals surface area contributed by atoms with E-state index < -0.39 is 0 Å². The summed E-state index contributed by atoms with van der Waals surface area (Å²) in [6.45, 7) is 1.86. The van der Waals surface area contributed by atoms with Crippen molar-refractivity contribution in [1.29, 1.82) is 0 Å². The van der Waals surface area contributed by atoms with Crippen LogP contribution in [0.3, 0.4) is 0 Å². The first kappa shape index (κ1) is 13.5. The molecular formula is C12H14BrN5O. The summed E-state index contributed by atoms with van der Waals surface area (Å²) in [5.74, 6) is 1.04. The topological polar surface area (TPSA) is 82.7 Å². The highest BCUT2D eigenvalue weighted by Crippen LogP contribution is 2.18.